The van der Waals surface area contributed by atoms with Gasteiger partial charge in [0.2, 0.25) is 0 Å². The molecule has 0 aliphatic carbocycles. The average Bonchev–Trinajstić information content (AvgIpc) is 3.61. The van der Waals surface area contributed by atoms with Gasteiger partial charge in [-0.25, -0.2) is 0 Å². The second-order valence-corrected chi connectivity index (χ2v) is 13.9. The van der Waals surface area contributed by atoms with Crippen LogP contribution in [0.15, 0.2) is 199 Å². The van der Waals surface area contributed by atoms with Gasteiger partial charge < -0.3 is 9.32 Å². The van der Waals surface area contributed by atoms with Crippen molar-refractivity contribution in [3.05, 3.63) is 194 Å². The molecular formula is C51H32N2O. The maximum absolute atomic E-state index is 6.53. The second kappa shape index (κ2) is 12.2. The first-order valence-electron chi connectivity index (χ1n) is 18.4. The van der Waals surface area contributed by atoms with Gasteiger partial charge in [-0.3, -0.25) is 4.98 Å². The molecule has 3 heteroatoms. The second-order valence-electron chi connectivity index (χ2n) is 13.9. The van der Waals surface area contributed by atoms with E-state index >= 15 is 0 Å². The zero-order valence-corrected chi connectivity index (χ0v) is 29.3. The largest absolute Gasteiger partial charge is 0.456 e. The summed E-state index contributed by atoms with van der Waals surface area (Å²) >= 11 is 0. The van der Waals surface area contributed by atoms with Crippen molar-refractivity contribution in [2.45, 2.75) is 0 Å². The lowest BCUT2D eigenvalue weighted by Crippen LogP contribution is -2.10. The van der Waals surface area contributed by atoms with Crippen molar-refractivity contribution in [1.82, 2.24) is 4.98 Å². The van der Waals surface area contributed by atoms with Crippen LogP contribution in [0.4, 0.5) is 17.1 Å². The summed E-state index contributed by atoms with van der Waals surface area (Å²) in [6.07, 6.45) is 1.83. The Labute approximate surface area is 312 Å². The highest BCUT2D eigenvalue weighted by atomic mass is 16.3. The summed E-state index contributed by atoms with van der Waals surface area (Å²) in [5.41, 5.74) is 10.6. The molecule has 9 aromatic carbocycles. The monoisotopic (exact) mass is 688 g/mol. The lowest BCUT2D eigenvalue weighted by Gasteiger charge is -2.27. The number of aromatic nitrogens is 1. The lowest BCUT2D eigenvalue weighted by molar-refractivity contribution is 0.669. The molecule has 0 aliphatic rings. The third-order valence-corrected chi connectivity index (χ3v) is 10.9. The number of furan rings is 1. The van der Waals surface area contributed by atoms with Crippen molar-refractivity contribution < 1.29 is 4.42 Å². The van der Waals surface area contributed by atoms with Crippen LogP contribution in [0.5, 0.6) is 0 Å². The van der Waals surface area contributed by atoms with Crippen LogP contribution in [-0.2, 0) is 0 Å². The van der Waals surface area contributed by atoms with Crippen LogP contribution in [0.1, 0.15) is 0 Å². The van der Waals surface area contributed by atoms with Crippen molar-refractivity contribution in [1.29, 1.82) is 0 Å². The molecule has 0 radical (unpaired) electrons. The number of hydrogen-bond acceptors (Lipinski definition) is 3. The summed E-state index contributed by atoms with van der Waals surface area (Å²) in [4.78, 5) is 6.97. The molecule has 0 unspecified atom stereocenters. The predicted molar refractivity (Wildman–Crippen MR) is 227 cm³/mol. The highest BCUT2D eigenvalue weighted by Gasteiger charge is 2.21. The van der Waals surface area contributed by atoms with Gasteiger partial charge in [-0.15, -0.1) is 0 Å². The lowest BCUT2D eigenvalue weighted by atomic mass is 9.93. The Morgan fingerprint density at radius 2 is 1.02 bits per heavy atom. The van der Waals surface area contributed by atoms with Gasteiger partial charge in [0.25, 0.3) is 0 Å². The highest BCUT2D eigenvalue weighted by Crippen LogP contribution is 2.45. The molecule has 11 rings (SSSR count). The zero-order valence-electron chi connectivity index (χ0n) is 29.3. The number of nitrogens with zero attached hydrogens (tertiary/aromatic N) is 2. The molecule has 3 nitrogen and oxygen atoms in total. The van der Waals surface area contributed by atoms with Crippen molar-refractivity contribution in [3.8, 4) is 22.3 Å². The smallest absolute Gasteiger partial charge is 0.137 e. The normalized spacial score (nSPS) is 11.7. The Balaban J connectivity index is 1.10. The van der Waals surface area contributed by atoms with E-state index in [9.17, 15) is 0 Å². The number of fused-ring (bicyclic) bond motifs is 8. The van der Waals surface area contributed by atoms with Gasteiger partial charge in [0.15, 0.2) is 0 Å². The van der Waals surface area contributed by atoms with Crippen LogP contribution < -0.4 is 4.90 Å². The molecular weight excluding hydrogens is 657 g/mol. The summed E-state index contributed by atoms with van der Waals surface area (Å²) in [5.74, 6) is 0. The summed E-state index contributed by atoms with van der Waals surface area (Å²) in [7, 11) is 0. The molecule has 0 N–H and O–H groups in total. The number of benzene rings is 9. The van der Waals surface area contributed by atoms with Crippen molar-refractivity contribution in [2.24, 2.45) is 0 Å². The van der Waals surface area contributed by atoms with Gasteiger partial charge in [0, 0.05) is 34.4 Å². The molecule has 252 valence electrons. The molecule has 2 aromatic heterocycles. The minimum Gasteiger partial charge on any atom is -0.456 e. The number of pyridine rings is 1. The van der Waals surface area contributed by atoms with Crippen molar-refractivity contribution >= 4 is 82.2 Å². The van der Waals surface area contributed by atoms with Crippen LogP contribution in [0.3, 0.4) is 0 Å². The Bertz CT molecular complexity index is 3210. The highest BCUT2D eigenvalue weighted by molar-refractivity contribution is 6.16. The maximum atomic E-state index is 6.53. The van der Waals surface area contributed by atoms with Crippen LogP contribution in [0.25, 0.3) is 87.4 Å². The minimum absolute atomic E-state index is 0.827. The first kappa shape index (κ1) is 30.4. The molecule has 0 aliphatic heterocycles. The summed E-state index contributed by atoms with van der Waals surface area (Å²) < 4.78 is 6.53. The predicted octanol–water partition coefficient (Wildman–Crippen LogP) is 14.4. The molecule has 11 aromatic rings. The Morgan fingerprint density at radius 3 is 1.81 bits per heavy atom. The van der Waals surface area contributed by atoms with E-state index in [1.165, 1.54) is 54.6 Å². The van der Waals surface area contributed by atoms with Gasteiger partial charge in [0.05, 0.1) is 16.6 Å². The topological polar surface area (TPSA) is 29.3 Å². The third-order valence-electron chi connectivity index (χ3n) is 10.9. The van der Waals surface area contributed by atoms with Crippen LogP contribution >= 0.6 is 0 Å². The minimum atomic E-state index is 0.827. The van der Waals surface area contributed by atoms with Gasteiger partial charge >= 0.3 is 0 Å². The van der Waals surface area contributed by atoms with E-state index in [-0.39, 0.29) is 0 Å². The first-order chi connectivity index (χ1) is 26.8. The first-order valence-corrected chi connectivity index (χ1v) is 18.4. The van der Waals surface area contributed by atoms with E-state index in [4.69, 9.17) is 4.42 Å². The number of rotatable bonds is 5. The van der Waals surface area contributed by atoms with Crippen molar-refractivity contribution in [2.75, 3.05) is 4.90 Å². The molecule has 0 amide bonds. The van der Waals surface area contributed by atoms with E-state index in [2.05, 4.69) is 192 Å². The fourth-order valence-electron chi connectivity index (χ4n) is 8.34. The van der Waals surface area contributed by atoms with E-state index in [1.54, 1.807) is 0 Å². The van der Waals surface area contributed by atoms with E-state index < -0.39 is 0 Å². The van der Waals surface area contributed by atoms with Gasteiger partial charge in [-0.1, -0.05) is 127 Å². The summed E-state index contributed by atoms with van der Waals surface area (Å²) in [5, 5.41) is 10.7. The van der Waals surface area contributed by atoms with Gasteiger partial charge in [0.1, 0.15) is 11.2 Å². The zero-order chi connectivity index (χ0) is 35.6. The fourth-order valence-corrected chi connectivity index (χ4v) is 8.34. The van der Waals surface area contributed by atoms with Crippen LogP contribution in [-0.4, -0.2) is 4.98 Å². The SMILES string of the molecule is c1cnc2cc3oc4cccc(N(c5ccc(-c6cccc7ccccc67)cc5)c5ccc(-c6cc7ccccc7c7ccccc67)cc5)c4c3cc2c1. The quantitative estimate of drug-likeness (QED) is 0.169. The Kier molecular flexibility index (Phi) is 6.86. The molecule has 0 spiro atoms. The van der Waals surface area contributed by atoms with Crippen LogP contribution in [0, 0.1) is 0 Å². The van der Waals surface area contributed by atoms with Gasteiger partial charge in [-0.05, 0) is 109 Å². The number of anilines is 3. The van der Waals surface area contributed by atoms with E-state index in [0.29, 0.717) is 0 Å². The Morgan fingerprint density at radius 1 is 0.389 bits per heavy atom. The molecule has 0 bridgehead atoms. The molecule has 0 fully saturated rings. The van der Waals surface area contributed by atoms with Crippen molar-refractivity contribution in [3.63, 3.8) is 0 Å². The molecule has 0 atom stereocenters. The maximum Gasteiger partial charge on any atom is 0.137 e. The van der Waals surface area contributed by atoms with E-state index in [0.717, 1.165) is 49.9 Å². The fraction of sp³-hybridized carbons (Fsp3) is 0. The standard InChI is InChI=1S/C51H32N2O/c1-3-14-40-33(10-1)12-7-18-41(40)34-21-25-38(26-22-34)53(48-19-8-20-49-51(48)46-31-37-13-9-29-52-47(37)32-50(46)54-49)39-27-23-35(24-28-39)45-30-36-11-2-4-15-42(36)43-16-5-6-17-44(43)45/h1-32H. The molecule has 54 heavy (non-hydrogen) atoms. The summed E-state index contributed by atoms with van der Waals surface area (Å²) in [6.45, 7) is 0. The third kappa shape index (κ3) is 4.87. The van der Waals surface area contributed by atoms with Crippen LogP contribution in [0.2, 0.25) is 0 Å². The summed E-state index contributed by atoms with van der Waals surface area (Å²) in [6, 6.07) is 67.5. The van der Waals surface area contributed by atoms with E-state index in [1.807, 2.05) is 12.3 Å². The Hall–Kier alpha value is -7.23. The average molecular weight is 689 g/mol. The molecule has 0 saturated heterocycles. The number of hydrogen-bond donors (Lipinski definition) is 0. The molecule has 2 heterocycles. The molecule has 0 saturated carbocycles. The van der Waals surface area contributed by atoms with Gasteiger partial charge in [-0.2, -0.15) is 0 Å².